The van der Waals surface area contributed by atoms with Gasteiger partial charge in [-0.15, -0.1) is 0 Å². The van der Waals surface area contributed by atoms with Crippen LogP contribution in [0.1, 0.15) is 45.6 Å². The fourth-order valence-corrected chi connectivity index (χ4v) is 4.74. The van der Waals surface area contributed by atoms with Crippen LogP contribution in [0.3, 0.4) is 0 Å². The molecule has 3 aromatic carbocycles. The van der Waals surface area contributed by atoms with E-state index in [1.54, 1.807) is 39.5 Å². The van der Waals surface area contributed by atoms with Crippen LogP contribution in [0.15, 0.2) is 54.3 Å². The van der Waals surface area contributed by atoms with Crippen LogP contribution >= 0.6 is 0 Å². The van der Waals surface area contributed by atoms with E-state index in [9.17, 15) is 4.79 Å². The molecular formula is C29H29NO6. The molecule has 1 unspecified atom stereocenters. The SMILES string of the molecule is COc1cc(OC)c(OC)cc1/C=C1\Oc2c3c(cc(C)c2C1=O)OCN(C(C)c1ccccc1)C3. The Labute approximate surface area is 210 Å². The van der Waals surface area contributed by atoms with Gasteiger partial charge < -0.3 is 23.7 Å². The second-order valence-corrected chi connectivity index (χ2v) is 8.87. The fraction of sp³-hybridized carbons (Fsp3) is 0.276. The predicted molar refractivity (Wildman–Crippen MR) is 136 cm³/mol. The lowest BCUT2D eigenvalue weighted by Crippen LogP contribution is -2.34. The van der Waals surface area contributed by atoms with Crippen LogP contribution in [0.25, 0.3) is 6.08 Å². The van der Waals surface area contributed by atoms with E-state index in [4.69, 9.17) is 23.7 Å². The number of hydrogen-bond acceptors (Lipinski definition) is 7. The maximum atomic E-state index is 13.5. The molecule has 0 bridgehead atoms. The van der Waals surface area contributed by atoms with Gasteiger partial charge in [0.1, 0.15) is 24.0 Å². The Morgan fingerprint density at radius 3 is 2.36 bits per heavy atom. The number of carbonyl (C=O) groups is 1. The van der Waals surface area contributed by atoms with Crippen LogP contribution in [0.4, 0.5) is 0 Å². The van der Waals surface area contributed by atoms with Crippen LogP contribution in [0.2, 0.25) is 0 Å². The minimum absolute atomic E-state index is 0.138. The number of ether oxygens (including phenoxy) is 5. The van der Waals surface area contributed by atoms with Crippen molar-refractivity contribution in [3.8, 4) is 28.7 Å². The normalized spacial score (nSPS) is 16.6. The second kappa shape index (κ2) is 9.59. The van der Waals surface area contributed by atoms with Crippen molar-refractivity contribution in [3.63, 3.8) is 0 Å². The third-order valence-electron chi connectivity index (χ3n) is 6.80. The molecule has 2 heterocycles. The first-order valence-corrected chi connectivity index (χ1v) is 11.8. The van der Waals surface area contributed by atoms with Crippen molar-refractivity contribution in [3.05, 3.63) is 82.1 Å². The van der Waals surface area contributed by atoms with Gasteiger partial charge in [-0.05, 0) is 43.2 Å². The zero-order chi connectivity index (χ0) is 25.4. The first kappa shape index (κ1) is 23.8. The molecule has 0 saturated heterocycles. The average Bonchev–Trinajstić information content (AvgIpc) is 3.24. The molecule has 0 spiro atoms. The predicted octanol–water partition coefficient (Wildman–Crippen LogP) is 5.55. The van der Waals surface area contributed by atoms with Crippen LogP contribution < -0.4 is 23.7 Å². The highest BCUT2D eigenvalue weighted by atomic mass is 16.5. The van der Waals surface area contributed by atoms with E-state index in [1.165, 1.54) is 5.56 Å². The van der Waals surface area contributed by atoms with Crippen LogP contribution in [0, 0.1) is 6.92 Å². The quantitative estimate of drug-likeness (QED) is 0.422. The van der Waals surface area contributed by atoms with Crippen molar-refractivity contribution in [1.82, 2.24) is 4.90 Å². The van der Waals surface area contributed by atoms with Crippen molar-refractivity contribution in [2.24, 2.45) is 0 Å². The molecule has 7 heteroatoms. The van der Waals surface area contributed by atoms with Gasteiger partial charge >= 0.3 is 0 Å². The summed E-state index contributed by atoms with van der Waals surface area (Å²) in [5.74, 6) is 2.97. The third kappa shape index (κ3) is 4.05. The Balaban J connectivity index is 1.51. The molecule has 2 aliphatic heterocycles. The van der Waals surface area contributed by atoms with Gasteiger partial charge in [-0.3, -0.25) is 9.69 Å². The Kier molecular flexibility index (Phi) is 6.33. The Morgan fingerprint density at radius 1 is 0.972 bits per heavy atom. The van der Waals surface area contributed by atoms with Crippen LogP contribution in [-0.4, -0.2) is 38.7 Å². The first-order chi connectivity index (χ1) is 17.4. The highest BCUT2D eigenvalue weighted by Crippen LogP contribution is 2.45. The van der Waals surface area contributed by atoms with Crippen molar-refractivity contribution in [2.75, 3.05) is 28.1 Å². The van der Waals surface area contributed by atoms with Crippen molar-refractivity contribution < 1.29 is 28.5 Å². The number of methoxy groups -OCH3 is 3. The molecule has 7 nitrogen and oxygen atoms in total. The maximum absolute atomic E-state index is 13.5. The summed E-state index contributed by atoms with van der Waals surface area (Å²) in [5, 5.41) is 0. The monoisotopic (exact) mass is 487 g/mol. The molecular weight excluding hydrogens is 458 g/mol. The number of benzene rings is 3. The van der Waals surface area contributed by atoms with E-state index in [2.05, 4.69) is 24.0 Å². The number of allylic oxidation sites excluding steroid dienone is 1. The number of nitrogens with zero attached hydrogens (tertiary/aromatic N) is 1. The molecule has 0 N–H and O–H groups in total. The summed E-state index contributed by atoms with van der Waals surface area (Å²) in [6.07, 6.45) is 1.68. The molecule has 0 amide bonds. The molecule has 0 aromatic heterocycles. The summed E-state index contributed by atoms with van der Waals surface area (Å²) in [6.45, 7) is 5.12. The average molecular weight is 488 g/mol. The zero-order valence-corrected chi connectivity index (χ0v) is 21.1. The molecule has 186 valence electrons. The van der Waals surface area contributed by atoms with Gasteiger partial charge in [0.05, 0.1) is 32.5 Å². The van der Waals surface area contributed by atoms with Gasteiger partial charge in [0.15, 0.2) is 17.3 Å². The molecule has 5 rings (SSSR count). The zero-order valence-electron chi connectivity index (χ0n) is 21.1. The lowest BCUT2D eigenvalue weighted by molar-refractivity contribution is 0.0605. The molecule has 2 aliphatic rings. The Morgan fingerprint density at radius 2 is 1.67 bits per heavy atom. The maximum Gasteiger partial charge on any atom is 0.232 e. The molecule has 0 fully saturated rings. The summed E-state index contributed by atoms with van der Waals surface area (Å²) >= 11 is 0. The number of carbonyl (C=O) groups excluding carboxylic acids is 1. The van der Waals surface area contributed by atoms with Gasteiger partial charge in [0.2, 0.25) is 5.78 Å². The highest BCUT2D eigenvalue weighted by molar-refractivity contribution is 6.16. The van der Waals surface area contributed by atoms with Gasteiger partial charge in [-0.25, -0.2) is 0 Å². The van der Waals surface area contributed by atoms with E-state index >= 15 is 0 Å². The minimum atomic E-state index is -0.171. The Hall–Kier alpha value is -3.97. The topological polar surface area (TPSA) is 66.5 Å². The number of rotatable bonds is 6. The number of ketones is 1. The van der Waals surface area contributed by atoms with Crippen molar-refractivity contribution in [2.45, 2.75) is 26.4 Å². The van der Waals surface area contributed by atoms with E-state index in [-0.39, 0.29) is 17.6 Å². The van der Waals surface area contributed by atoms with Gasteiger partial charge in [0.25, 0.3) is 0 Å². The molecule has 1 atom stereocenters. The molecule has 3 aromatic rings. The first-order valence-electron chi connectivity index (χ1n) is 11.8. The largest absolute Gasteiger partial charge is 0.496 e. The van der Waals surface area contributed by atoms with Crippen LogP contribution in [0.5, 0.6) is 28.7 Å². The second-order valence-electron chi connectivity index (χ2n) is 8.87. The smallest absolute Gasteiger partial charge is 0.232 e. The van der Waals surface area contributed by atoms with E-state index in [0.717, 1.165) is 16.9 Å². The van der Waals surface area contributed by atoms with E-state index < -0.39 is 0 Å². The summed E-state index contributed by atoms with van der Waals surface area (Å²) in [5.41, 5.74) is 4.11. The molecule has 36 heavy (non-hydrogen) atoms. The highest BCUT2D eigenvalue weighted by Gasteiger charge is 2.36. The molecule has 0 radical (unpaired) electrons. The lowest BCUT2D eigenvalue weighted by atomic mass is 9.97. The number of hydrogen-bond donors (Lipinski definition) is 0. The molecule has 0 aliphatic carbocycles. The number of Topliss-reactive ketones (excluding diaryl/α,β-unsaturated/α-hetero) is 1. The summed E-state index contributed by atoms with van der Waals surface area (Å²) in [7, 11) is 4.69. The van der Waals surface area contributed by atoms with Crippen molar-refractivity contribution in [1.29, 1.82) is 0 Å². The summed E-state index contributed by atoms with van der Waals surface area (Å²) in [4.78, 5) is 15.7. The Bertz CT molecular complexity index is 1350. The van der Waals surface area contributed by atoms with Gasteiger partial charge in [-0.2, -0.15) is 0 Å². The lowest BCUT2D eigenvalue weighted by Gasteiger charge is -2.34. The molecule has 0 saturated carbocycles. The van der Waals surface area contributed by atoms with Crippen molar-refractivity contribution >= 4 is 11.9 Å². The van der Waals surface area contributed by atoms with Crippen LogP contribution in [-0.2, 0) is 6.54 Å². The standard InChI is InChI=1S/C29H29NO6/c1-17-11-23-21(15-30(16-35-23)18(2)19-9-7-6-8-10-19)29-27(17)28(31)26(36-29)13-20-12-24(33-4)25(34-5)14-22(20)32-3/h6-14,18H,15-16H2,1-5H3/b26-13-. The summed E-state index contributed by atoms with van der Waals surface area (Å²) in [6, 6.07) is 15.8. The van der Waals surface area contributed by atoms with E-state index in [1.807, 2.05) is 31.2 Å². The summed E-state index contributed by atoms with van der Waals surface area (Å²) < 4.78 is 28.7. The van der Waals surface area contributed by atoms with Gasteiger partial charge in [0, 0.05) is 24.2 Å². The van der Waals surface area contributed by atoms with Gasteiger partial charge in [-0.1, -0.05) is 30.3 Å². The minimum Gasteiger partial charge on any atom is -0.496 e. The fourth-order valence-electron chi connectivity index (χ4n) is 4.74. The number of aryl methyl sites for hydroxylation is 1. The number of fused-ring (bicyclic) bond motifs is 3. The van der Waals surface area contributed by atoms with E-state index in [0.29, 0.717) is 47.4 Å². The third-order valence-corrected chi connectivity index (χ3v) is 6.80.